The Balaban J connectivity index is 1.33. The fourth-order valence-corrected chi connectivity index (χ4v) is 7.14. The largest absolute Gasteiger partial charge is 0.381 e. The molecule has 0 bridgehead atoms. The zero-order valence-corrected chi connectivity index (χ0v) is 23.2. The van der Waals surface area contributed by atoms with Gasteiger partial charge in [0.2, 0.25) is 0 Å². The lowest BCUT2D eigenvalue weighted by Gasteiger charge is -2.35. The summed E-state index contributed by atoms with van der Waals surface area (Å²) in [4.78, 5) is 5.31. The van der Waals surface area contributed by atoms with Gasteiger partial charge in [-0.2, -0.15) is 11.3 Å². The van der Waals surface area contributed by atoms with Crippen molar-refractivity contribution in [2.45, 2.75) is 58.1 Å². The summed E-state index contributed by atoms with van der Waals surface area (Å²) in [6.07, 6.45) is 5.42. The summed E-state index contributed by atoms with van der Waals surface area (Å²) in [6, 6.07) is 8.22. The highest BCUT2D eigenvalue weighted by Crippen LogP contribution is 2.37. The number of nitrogens with zero attached hydrogens (tertiary/aromatic N) is 2. The maximum absolute atomic E-state index is 6.50. The van der Waals surface area contributed by atoms with Gasteiger partial charge in [-0.25, -0.2) is 0 Å². The normalized spacial score (nSPS) is 23.7. The van der Waals surface area contributed by atoms with Crippen LogP contribution in [-0.2, 0) is 11.3 Å². The first-order valence-corrected chi connectivity index (χ1v) is 14.5. The molecule has 2 aliphatic heterocycles. The number of likely N-dealkylation sites (tertiary alicyclic amines) is 2. The van der Waals surface area contributed by atoms with Gasteiger partial charge in [0.25, 0.3) is 0 Å². The van der Waals surface area contributed by atoms with Gasteiger partial charge in [0.15, 0.2) is 0 Å². The standard InChI is InChI=1S/C28H40Cl2N2OS/c1-20(2)12-26(33-3)13-21-6-9-31(10-7-21)16-24-17-32(18-27(24)23-8-11-34-19-23)15-22-4-5-25(29)14-28(22)30/h4-5,8,11,14,19-21,24,26-27H,6-7,9-10,12-13,15-18H2,1-3H3/t24?,26-,27?/m0/s1. The Morgan fingerprint density at radius 2 is 1.88 bits per heavy atom. The van der Waals surface area contributed by atoms with E-state index in [2.05, 4.69) is 46.5 Å². The molecule has 2 saturated heterocycles. The van der Waals surface area contributed by atoms with Crippen LogP contribution in [0.25, 0.3) is 0 Å². The zero-order chi connectivity index (χ0) is 24.1. The summed E-state index contributed by atoms with van der Waals surface area (Å²) in [5.74, 6) is 2.76. The third kappa shape index (κ3) is 7.21. The minimum absolute atomic E-state index is 0.419. The van der Waals surface area contributed by atoms with Gasteiger partial charge in [0, 0.05) is 49.3 Å². The molecular formula is C28H40Cl2N2OS. The zero-order valence-electron chi connectivity index (χ0n) is 20.9. The first kappa shape index (κ1) is 26.4. The van der Waals surface area contributed by atoms with Crippen LogP contribution < -0.4 is 0 Å². The lowest BCUT2D eigenvalue weighted by molar-refractivity contribution is 0.0484. The minimum Gasteiger partial charge on any atom is -0.381 e. The molecule has 0 spiro atoms. The summed E-state index contributed by atoms with van der Waals surface area (Å²) >= 11 is 14.4. The third-order valence-electron chi connectivity index (χ3n) is 7.76. The van der Waals surface area contributed by atoms with Crippen molar-refractivity contribution in [2.24, 2.45) is 17.8 Å². The first-order valence-electron chi connectivity index (χ1n) is 12.8. The highest BCUT2D eigenvalue weighted by molar-refractivity contribution is 7.08. The van der Waals surface area contributed by atoms with Gasteiger partial charge in [-0.05, 0) is 96.6 Å². The molecule has 0 radical (unpaired) electrons. The maximum Gasteiger partial charge on any atom is 0.0576 e. The number of benzene rings is 1. The Kier molecular flexibility index (Phi) is 9.77. The highest BCUT2D eigenvalue weighted by atomic mass is 35.5. The molecule has 188 valence electrons. The summed E-state index contributed by atoms with van der Waals surface area (Å²) in [6.45, 7) is 11.3. The highest BCUT2D eigenvalue weighted by Gasteiger charge is 2.36. The number of hydrogen-bond acceptors (Lipinski definition) is 4. The molecule has 34 heavy (non-hydrogen) atoms. The quantitative estimate of drug-likeness (QED) is 0.322. The van der Waals surface area contributed by atoms with E-state index >= 15 is 0 Å². The molecule has 3 atom stereocenters. The minimum atomic E-state index is 0.419. The third-order valence-corrected chi connectivity index (χ3v) is 9.05. The Hall–Kier alpha value is -0.620. The lowest BCUT2D eigenvalue weighted by atomic mass is 9.86. The molecule has 3 heterocycles. The molecule has 3 nitrogen and oxygen atoms in total. The van der Waals surface area contributed by atoms with E-state index in [0.29, 0.717) is 28.9 Å². The van der Waals surface area contributed by atoms with Crippen LogP contribution in [0.3, 0.4) is 0 Å². The number of thiophene rings is 1. The predicted molar refractivity (Wildman–Crippen MR) is 146 cm³/mol. The van der Waals surface area contributed by atoms with Gasteiger partial charge in [-0.15, -0.1) is 0 Å². The lowest BCUT2D eigenvalue weighted by Crippen LogP contribution is -2.39. The predicted octanol–water partition coefficient (Wildman–Crippen LogP) is 7.43. The molecular weight excluding hydrogens is 483 g/mol. The summed E-state index contributed by atoms with van der Waals surface area (Å²) in [5.41, 5.74) is 2.68. The van der Waals surface area contributed by atoms with Crippen molar-refractivity contribution in [3.63, 3.8) is 0 Å². The Morgan fingerprint density at radius 1 is 1.09 bits per heavy atom. The summed E-state index contributed by atoms with van der Waals surface area (Å²) in [5, 5.41) is 6.05. The van der Waals surface area contributed by atoms with Crippen molar-refractivity contribution >= 4 is 34.5 Å². The second kappa shape index (κ2) is 12.6. The van der Waals surface area contributed by atoms with Gasteiger partial charge in [0.1, 0.15) is 0 Å². The van der Waals surface area contributed by atoms with Gasteiger partial charge in [0.05, 0.1) is 6.10 Å². The fourth-order valence-electron chi connectivity index (χ4n) is 5.95. The van der Waals surface area contributed by atoms with E-state index < -0.39 is 0 Å². The Morgan fingerprint density at radius 3 is 2.53 bits per heavy atom. The van der Waals surface area contributed by atoms with E-state index in [9.17, 15) is 0 Å². The van der Waals surface area contributed by atoms with Crippen molar-refractivity contribution < 1.29 is 4.74 Å². The maximum atomic E-state index is 6.50. The second-order valence-electron chi connectivity index (χ2n) is 10.8. The van der Waals surface area contributed by atoms with Crippen LogP contribution in [0.15, 0.2) is 35.0 Å². The van der Waals surface area contributed by atoms with Gasteiger partial charge in [-0.3, -0.25) is 4.90 Å². The van der Waals surface area contributed by atoms with Crippen LogP contribution in [-0.4, -0.2) is 55.7 Å². The molecule has 1 aromatic heterocycles. The molecule has 2 unspecified atom stereocenters. The molecule has 6 heteroatoms. The molecule has 0 saturated carbocycles. The summed E-state index contributed by atoms with van der Waals surface area (Å²) in [7, 11) is 1.88. The van der Waals surface area contributed by atoms with Crippen molar-refractivity contribution in [1.82, 2.24) is 9.80 Å². The molecule has 0 aliphatic carbocycles. The van der Waals surface area contributed by atoms with E-state index in [1.807, 2.05) is 30.6 Å². The van der Waals surface area contributed by atoms with Crippen LogP contribution in [0, 0.1) is 17.8 Å². The number of hydrogen-bond donors (Lipinski definition) is 0. The second-order valence-corrected chi connectivity index (χ2v) is 12.4. The number of piperidine rings is 1. The smallest absolute Gasteiger partial charge is 0.0576 e. The van der Waals surface area contributed by atoms with E-state index in [4.69, 9.17) is 27.9 Å². The number of ether oxygens (including phenoxy) is 1. The van der Waals surface area contributed by atoms with Gasteiger partial charge < -0.3 is 9.64 Å². The van der Waals surface area contributed by atoms with Crippen LogP contribution in [0.4, 0.5) is 0 Å². The number of halogens is 2. The molecule has 1 aromatic carbocycles. The van der Waals surface area contributed by atoms with Crippen molar-refractivity contribution in [2.75, 3.05) is 39.8 Å². The molecule has 2 aliphatic rings. The molecule has 2 aromatic rings. The molecule has 4 rings (SSSR count). The van der Waals surface area contributed by atoms with Crippen molar-refractivity contribution in [1.29, 1.82) is 0 Å². The van der Waals surface area contributed by atoms with Gasteiger partial charge in [-0.1, -0.05) is 43.1 Å². The van der Waals surface area contributed by atoms with E-state index in [1.54, 1.807) is 0 Å². The number of rotatable bonds is 10. The average molecular weight is 524 g/mol. The Bertz CT molecular complexity index is 883. The topological polar surface area (TPSA) is 15.7 Å². The van der Waals surface area contributed by atoms with Crippen molar-refractivity contribution in [3.05, 3.63) is 56.2 Å². The average Bonchev–Trinajstić information content (AvgIpc) is 3.46. The van der Waals surface area contributed by atoms with Crippen LogP contribution in [0.1, 0.15) is 56.6 Å². The SMILES string of the molecule is CO[C@@H](CC(C)C)CC1CCN(CC2CN(Cc3ccc(Cl)cc3Cl)CC2c2ccsc2)CC1. The van der Waals surface area contributed by atoms with E-state index in [0.717, 1.165) is 30.6 Å². The molecule has 0 amide bonds. The number of methoxy groups -OCH3 is 1. The van der Waals surface area contributed by atoms with Crippen LogP contribution in [0.2, 0.25) is 10.0 Å². The fraction of sp³-hybridized carbons (Fsp3) is 0.643. The Labute approximate surface area is 220 Å². The van der Waals surface area contributed by atoms with E-state index in [1.165, 1.54) is 56.4 Å². The van der Waals surface area contributed by atoms with Gasteiger partial charge >= 0.3 is 0 Å². The molecule has 2 fully saturated rings. The first-order chi connectivity index (χ1) is 16.4. The van der Waals surface area contributed by atoms with Crippen molar-refractivity contribution in [3.8, 4) is 0 Å². The van der Waals surface area contributed by atoms with Crippen LogP contribution >= 0.6 is 34.5 Å². The van der Waals surface area contributed by atoms with Crippen LogP contribution in [0.5, 0.6) is 0 Å². The van der Waals surface area contributed by atoms with E-state index in [-0.39, 0.29) is 0 Å². The summed E-state index contributed by atoms with van der Waals surface area (Å²) < 4.78 is 5.79. The molecule has 0 N–H and O–H groups in total. The monoisotopic (exact) mass is 522 g/mol.